The van der Waals surface area contributed by atoms with Crippen LogP contribution in [0.2, 0.25) is 0 Å². The molecule has 118 valence electrons. The Balaban J connectivity index is 2.82. The summed E-state index contributed by atoms with van der Waals surface area (Å²) in [4.78, 5) is 25.4. The lowest BCUT2D eigenvalue weighted by molar-refractivity contribution is -0.140. The van der Waals surface area contributed by atoms with Gasteiger partial charge in [0.25, 0.3) is 5.91 Å². The highest BCUT2D eigenvalue weighted by atomic mass is 16.5. The standard InChI is InChI=1S/C14H23N3O4/c1-5-11-10-12(16(2)15-11)14(19)17(8-9-20-3)7-6-13(18)21-4/h10H,5-9H2,1-4H3. The van der Waals surface area contributed by atoms with Gasteiger partial charge in [-0.3, -0.25) is 14.3 Å². The van der Waals surface area contributed by atoms with Crippen molar-refractivity contribution in [2.24, 2.45) is 7.05 Å². The summed E-state index contributed by atoms with van der Waals surface area (Å²) in [6.07, 6.45) is 0.922. The number of aromatic nitrogens is 2. The van der Waals surface area contributed by atoms with E-state index in [9.17, 15) is 9.59 Å². The van der Waals surface area contributed by atoms with Crippen LogP contribution in [0.15, 0.2) is 6.07 Å². The van der Waals surface area contributed by atoms with Crippen molar-refractivity contribution in [3.05, 3.63) is 17.5 Å². The number of rotatable bonds is 8. The van der Waals surface area contributed by atoms with E-state index in [2.05, 4.69) is 9.84 Å². The summed E-state index contributed by atoms with van der Waals surface area (Å²) < 4.78 is 11.2. The molecule has 0 bridgehead atoms. The molecule has 0 aliphatic carbocycles. The molecule has 7 nitrogen and oxygen atoms in total. The highest BCUT2D eigenvalue weighted by molar-refractivity contribution is 5.93. The fraction of sp³-hybridized carbons (Fsp3) is 0.643. The lowest BCUT2D eigenvalue weighted by atomic mass is 10.2. The minimum absolute atomic E-state index is 0.157. The maximum atomic E-state index is 12.6. The fourth-order valence-corrected chi connectivity index (χ4v) is 1.91. The number of hydrogen-bond acceptors (Lipinski definition) is 5. The highest BCUT2D eigenvalue weighted by Gasteiger charge is 2.20. The predicted octanol–water partition coefficient (Wildman–Crippen LogP) is 0.634. The van der Waals surface area contributed by atoms with Gasteiger partial charge in [0.2, 0.25) is 0 Å². The molecule has 0 radical (unpaired) electrons. The monoisotopic (exact) mass is 297 g/mol. The topological polar surface area (TPSA) is 73.7 Å². The molecule has 0 saturated heterocycles. The van der Waals surface area contributed by atoms with Crippen molar-refractivity contribution >= 4 is 11.9 Å². The van der Waals surface area contributed by atoms with Crippen LogP contribution in [0.3, 0.4) is 0 Å². The summed E-state index contributed by atoms with van der Waals surface area (Å²) in [5, 5.41) is 4.27. The molecular weight excluding hydrogens is 274 g/mol. The van der Waals surface area contributed by atoms with Crippen molar-refractivity contribution in [1.82, 2.24) is 14.7 Å². The van der Waals surface area contributed by atoms with E-state index in [0.29, 0.717) is 25.4 Å². The summed E-state index contributed by atoms with van der Waals surface area (Å²) in [6, 6.07) is 1.78. The van der Waals surface area contributed by atoms with Gasteiger partial charge in [0, 0.05) is 27.2 Å². The molecule has 1 rings (SSSR count). The zero-order chi connectivity index (χ0) is 15.8. The molecule has 0 N–H and O–H groups in total. The summed E-state index contributed by atoms with van der Waals surface area (Å²) in [5.41, 5.74) is 1.37. The molecule has 0 fully saturated rings. The normalized spacial score (nSPS) is 10.5. The van der Waals surface area contributed by atoms with E-state index >= 15 is 0 Å². The Morgan fingerprint density at radius 1 is 1.33 bits per heavy atom. The maximum Gasteiger partial charge on any atom is 0.307 e. The number of ether oxygens (including phenoxy) is 2. The Kier molecular flexibility index (Phi) is 6.87. The number of nitrogens with zero attached hydrogens (tertiary/aromatic N) is 3. The second-order valence-electron chi connectivity index (χ2n) is 4.61. The average molecular weight is 297 g/mol. The van der Waals surface area contributed by atoms with E-state index in [1.807, 2.05) is 6.92 Å². The Hall–Kier alpha value is -1.89. The van der Waals surface area contributed by atoms with Gasteiger partial charge in [-0.15, -0.1) is 0 Å². The first-order chi connectivity index (χ1) is 10.0. The van der Waals surface area contributed by atoms with Crippen LogP contribution < -0.4 is 0 Å². The zero-order valence-electron chi connectivity index (χ0n) is 13.1. The third-order valence-corrected chi connectivity index (χ3v) is 3.18. The third kappa shape index (κ3) is 4.86. The first-order valence-corrected chi connectivity index (χ1v) is 6.91. The summed E-state index contributed by atoms with van der Waals surface area (Å²) in [6.45, 7) is 3.10. The summed E-state index contributed by atoms with van der Waals surface area (Å²) in [5.74, 6) is -0.505. The van der Waals surface area contributed by atoms with Crippen LogP contribution in [0.5, 0.6) is 0 Å². The molecular formula is C14H23N3O4. The minimum atomic E-state index is -0.343. The van der Waals surface area contributed by atoms with Gasteiger partial charge in [-0.1, -0.05) is 6.92 Å². The van der Waals surface area contributed by atoms with Crippen molar-refractivity contribution < 1.29 is 19.1 Å². The Morgan fingerprint density at radius 2 is 2.05 bits per heavy atom. The minimum Gasteiger partial charge on any atom is -0.469 e. The largest absolute Gasteiger partial charge is 0.469 e. The Morgan fingerprint density at radius 3 is 2.57 bits per heavy atom. The van der Waals surface area contributed by atoms with Crippen LogP contribution in [-0.2, 0) is 27.7 Å². The quantitative estimate of drug-likeness (QED) is 0.658. The van der Waals surface area contributed by atoms with E-state index in [4.69, 9.17) is 4.74 Å². The third-order valence-electron chi connectivity index (χ3n) is 3.18. The smallest absolute Gasteiger partial charge is 0.307 e. The number of amides is 1. The van der Waals surface area contributed by atoms with Crippen LogP contribution in [0.4, 0.5) is 0 Å². The number of hydrogen-bond donors (Lipinski definition) is 0. The van der Waals surface area contributed by atoms with E-state index in [0.717, 1.165) is 12.1 Å². The van der Waals surface area contributed by atoms with Crippen LogP contribution in [0.25, 0.3) is 0 Å². The van der Waals surface area contributed by atoms with Crippen molar-refractivity contribution in [1.29, 1.82) is 0 Å². The molecule has 0 unspecified atom stereocenters. The van der Waals surface area contributed by atoms with Crippen LogP contribution in [0.1, 0.15) is 29.5 Å². The lowest BCUT2D eigenvalue weighted by Gasteiger charge is -2.21. The second kappa shape index (κ2) is 8.41. The van der Waals surface area contributed by atoms with Gasteiger partial charge in [-0.05, 0) is 12.5 Å². The van der Waals surface area contributed by atoms with Gasteiger partial charge in [-0.2, -0.15) is 5.10 Å². The molecule has 0 aliphatic rings. The lowest BCUT2D eigenvalue weighted by Crippen LogP contribution is -2.36. The molecule has 0 saturated carbocycles. The number of methoxy groups -OCH3 is 2. The van der Waals surface area contributed by atoms with Crippen LogP contribution in [-0.4, -0.2) is 60.5 Å². The van der Waals surface area contributed by atoms with Gasteiger partial charge in [0.05, 0.1) is 25.8 Å². The first kappa shape index (κ1) is 17.2. The van der Waals surface area contributed by atoms with Gasteiger partial charge < -0.3 is 14.4 Å². The van der Waals surface area contributed by atoms with Gasteiger partial charge in [0.15, 0.2) is 0 Å². The molecule has 21 heavy (non-hydrogen) atoms. The predicted molar refractivity (Wildman–Crippen MR) is 77.0 cm³/mol. The second-order valence-corrected chi connectivity index (χ2v) is 4.61. The fourth-order valence-electron chi connectivity index (χ4n) is 1.91. The Bertz CT molecular complexity index is 485. The molecule has 0 spiro atoms. The SMILES string of the molecule is CCc1cc(C(=O)N(CCOC)CCC(=O)OC)n(C)n1. The number of carbonyl (C=O) groups is 2. The van der Waals surface area contributed by atoms with E-state index < -0.39 is 0 Å². The van der Waals surface area contributed by atoms with Crippen molar-refractivity contribution in [3.63, 3.8) is 0 Å². The number of carbonyl (C=O) groups excluding carboxylic acids is 2. The summed E-state index contributed by atoms with van der Waals surface area (Å²) in [7, 11) is 4.64. The van der Waals surface area contributed by atoms with Crippen LogP contribution in [0, 0.1) is 0 Å². The molecule has 0 aromatic carbocycles. The first-order valence-electron chi connectivity index (χ1n) is 6.91. The number of esters is 1. The zero-order valence-corrected chi connectivity index (χ0v) is 13.1. The van der Waals surface area contributed by atoms with Crippen LogP contribution >= 0.6 is 0 Å². The summed E-state index contributed by atoms with van der Waals surface area (Å²) >= 11 is 0. The van der Waals surface area contributed by atoms with Crippen molar-refractivity contribution in [2.45, 2.75) is 19.8 Å². The molecule has 7 heteroatoms. The van der Waals surface area contributed by atoms with E-state index in [1.165, 1.54) is 7.11 Å². The molecule has 1 amide bonds. The molecule has 1 heterocycles. The molecule has 0 aliphatic heterocycles. The van der Waals surface area contributed by atoms with Crippen molar-refractivity contribution in [3.8, 4) is 0 Å². The van der Waals surface area contributed by atoms with Gasteiger partial charge in [0.1, 0.15) is 5.69 Å². The highest BCUT2D eigenvalue weighted by Crippen LogP contribution is 2.09. The maximum absolute atomic E-state index is 12.6. The van der Waals surface area contributed by atoms with Gasteiger partial charge in [-0.25, -0.2) is 0 Å². The van der Waals surface area contributed by atoms with E-state index in [-0.39, 0.29) is 18.3 Å². The number of aryl methyl sites for hydroxylation is 2. The molecule has 1 aromatic rings. The molecule has 0 atom stereocenters. The molecule has 1 aromatic heterocycles. The average Bonchev–Trinajstić information content (AvgIpc) is 2.87. The van der Waals surface area contributed by atoms with Crippen molar-refractivity contribution in [2.75, 3.05) is 33.9 Å². The van der Waals surface area contributed by atoms with Gasteiger partial charge >= 0.3 is 5.97 Å². The Labute approximate surface area is 124 Å². The van der Waals surface area contributed by atoms with E-state index in [1.54, 1.807) is 29.8 Å².